The van der Waals surface area contributed by atoms with Gasteiger partial charge in [-0.3, -0.25) is 0 Å². The number of carboxylic acids is 2. The van der Waals surface area contributed by atoms with Crippen molar-refractivity contribution in [2.45, 2.75) is 26.6 Å². The standard InChI is InChI=1S/C24H33N7O4S.C2HF3O2/c1-5-36-21(22(32)33)15(2)27-24(36)30-23-28-19(13-20(29-23)31-10-8-25-9-11-31)26-14-16-6-7-17(34-3)18(12-16)35-4;3-2(4,5)1(6)7/h6-7,12-13,25,36H,5,8-11,14H2,1-4H3,(H,32,33)(H2,26,27,28,29,30);(H,6,7). The van der Waals surface area contributed by atoms with Crippen molar-refractivity contribution in [3.63, 3.8) is 0 Å². The highest BCUT2D eigenvalue weighted by molar-refractivity contribution is 8.34. The number of piperazine rings is 1. The summed E-state index contributed by atoms with van der Waals surface area (Å²) in [6.45, 7) is 7.64. The van der Waals surface area contributed by atoms with Gasteiger partial charge < -0.3 is 40.5 Å². The van der Waals surface area contributed by atoms with Crippen molar-refractivity contribution in [2.75, 3.05) is 61.7 Å². The van der Waals surface area contributed by atoms with Crippen molar-refractivity contribution < 1.29 is 42.4 Å². The van der Waals surface area contributed by atoms with Gasteiger partial charge >= 0.3 is 18.1 Å². The molecule has 0 radical (unpaired) electrons. The van der Waals surface area contributed by atoms with Gasteiger partial charge in [0.2, 0.25) is 5.95 Å². The predicted octanol–water partition coefficient (Wildman–Crippen LogP) is 3.27. The lowest BCUT2D eigenvalue weighted by Crippen LogP contribution is -2.44. The maximum Gasteiger partial charge on any atom is 0.490 e. The molecule has 43 heavy (non-hydrogen) atoms. The van der Waals surface area contributed by atoms with Gasteiger partial charge in [0.15, 0.2) is 16.7 Å². The zero-order chi connectivity index (χ0) is 31.7. The number of ether oxygens (including phenoxy) is 2. The van der Waals surface area contributed by atoms with E-state index in [0.717, 1.165) is 37.6 Å². The minimum atomic E-state index is -5.08. The number of rotatable bonds is 9. The fourth-order valence-corrected chi connectivity index (χ4v) is 6.17. The number of halogens is 3. The van der Waals surface area contributed by atoms with E-state index in [1.807, 2.05) is 31.2 Å². The number of aliphatic carboxylic acids is 2. The summed E-state index contributed by atoms with van der Waals surface area (Å²) >= 11 is 0. The smallest absolute Gasteiger partial charge is 0.490 e. The van der Waals surface area contributed by atoms with Gasteiger partial charge in [0.1, 0.15) is 16.5 Å². The van der Waals surface area contributed by atoms with Crippen LogP contribution < -0.4 is 30.3 Å². The third-order valence-corrected chi connectivity index (χ3v) is 8.61. The van der Waals surface area contributed by atoms with Gasteiger partial charge in [0.05, 0.1) is 19.9 Å². The van der Waals surface area contributed by atoms with Crippen LogP contribution in [0.2, 0.25) is 0 Å². The second-order valence-electron chi connectivity index (χ2n) is 9.06. The highest BCUT2D eigenvalue weighted by Crippen LogP contribution is 2.44. The third-order valence-electron chi connectivity index (χ3n) is 6.20. The third kappa shape index (κ3) is 8.87. The van der Waals surface area contributed by atoms with Crippen molar-refractivity contribution >= 4 is 45.6 Å². The Hall–Kier alpha value is -4.25. The van der Waals surface area contributed by atoms with Crippen LogP contribution in [0.25, 0.3) is 0 Å². The van der Waals surface area contributed by atoms with Gasteiger partial charge in [0, 0.05) is 38.8 Å². The number of aliphatic imine (C=N–C) groups is 1. The minimum Gasteiger partial charge on any atom is -0.493 e. The van der Waals surface area contributed by atoms with Gasteiger partial charge in [-0.1, -0.05) is 13.0 Å². The summed E-state index contributed by atoms with van der Waals surface area (Å²) in [5.41, 5.74) is 1.54. The van der Waals surface area contributed by atoms with E-state index >= 15 is 0 Å². The molecule has 3 heterocycles. The van der Waals surface area contributed by atoms with E-state index in [0.29, 0.717) is 51.3 Å². The second-order valence-corrected chi connectivity index (χ2v) is 11.4. The molecule has 0 amide bonds. The number of aromatic nitrogens is 2. The Bertz CT molecular complexity index is 1380. The van der Waals surface area contributed by atoms with Crippen LogP contribution in [0.3, 0.4) is 0 Å². The molecule has 0 bridgehead atoms. The van der Waals surface area contributed by atoms with Crippen LogP contribution in [0, 0.1) is 0 Å². The van der Waals surface area contributed by atoms with Gasteiger partial charge in [-0.15, -0.1) is 0 Å². The summed E-state index contributed by atoms with van der Waals surface area (Å²) in [4.78, 5) is 37.2. The van der Waals surface area contributed by atoms with E-state index in [4.69, 9.17) is 24.4 Å². The van der Waals surface area contributed by atoms with Crippen LogP contribution in [-0.4, -0.2) is 89.6 Å². The first-order chi connectivity index (χ1) is 20.4. The molecule has 1 unspecified atom stereocenters. The lowest BCUT2D eigenvalue weighted by molar-refractivity contribution is -0.192. The van der Waals surface area contributed by atoms with Gasteiger partial charge in [0.25, 0.3) is 0 Å². The molecule has 236 valence electrons. The quantitative estimate of drug-likeness (QED) is 0.224. The van der Waals surface area contributed by atoms with Crippen LogP contribution in [0.5, 0.6) is 11.5 Å². The molecule has 1 saturated heterocycles. The minimum absolute atomic E-state index is 0.375. The van der Waals surface area contributed by atoms with E-state index in [1.165, 1.54) is 0 Å². The van der Waals surface area contributed by atoms with E-state index < -0.39 is 29.0 Å². The van der Waals surface area contributed by atoms with Crippen molar-refractivity contribution in [3.05, 3.63) is 40.4 Å². The second kappa shape index (κ2) is 14.8. The largest absolute Gasteiger partial charge is 0.493 e. The number of anilines is 3. The van der Waals surface area contributed by atoms with Crippen LogP contribution in [0.4, 0.5) is 30.8 Å². The zero-order valence-corrected chi connectivity index (χ0v) is 24.8. The Labute approximate surface area is 248 Å². The normalized spacial score (nSPS) is 17.4. The number of allylic oxidation sites excluding steroid dienone is 1. The molecule has 5 N–H and O–H groups in total. The molecule has 2 aliphatic heterocycles. The van der Waals surface area contributed by atoms with Crippen molar-refractivity contribution in [1.29, 1.82) is 0 Å². The summed E-state index contributed by atoms with van der Waals surface area (Å²) in [7, 11) is 2.13. The average Bonchev–Trinajstić information content (AvgIpc) is 3.30. The number of thiol groups is 1. The first-order valence-electron chi connectivity index (χ1n) is 13.0. The summed E-state index contributed by atoms with van der Waals surface area (Å²) in [5.74, 6) is 0.158. The zero-order valence-electron chi connectivity index (χ0n) is 23.9. The summed E-state index contributed by atoms with van der Waals surface area (Å²) in [6.07, 6.45) is -5.08. The van der Waals surface area contributed by atoms with Crippen LogP contribution >= 0.6 is 10.9 Å². The molecule has 1 fully saturated rings. The van der Waals surface area contributed by atoms with Crippen LogP contribution in [-0.2, 0) is 16.1 Å². The molecular formula is C26H34F3N7O6S. The molecule has 17 heteroatoms. The molecule has 0 aliphatic carbocycles. The SMILES string of the molecule is CC[SH]1C(Nc2nc(NCc3ccc(OC)c(OC)c3)cc(N3CCNCC3)n2)=NC(C)=C1C(=O)O.O=C(O)C(F)(F)F. The van der Waals surface area contributed by atoms with E-state index in [9.17, 15) is 23.1 Å². The maximum atomic E-state index is 11.8. The summed E-state index contributed by atoms with van der Waals surface area (Å²) < 4.78 is 42.5. The highest BCUT2D eigenvalue weighted by Gasteiger charge is 2.38. The lowest BCUT2D eigenvalue weighted by Gasteiger charge is -2.29. The molecule has 1 atom stereocenters. The Morgan fingerprint density at radius 2 is 1.74 bits per heavy atom. The number of alkyl halides is 3. The molecular weight excluding hydrogens is 595 g/mol. The first kappa shape index (κ1) is 33.3. The van der Waals surface area contributed by atoms with E-state index in [1.54, 1.807) is 21.1 Å². The predicted molar refractivity (Wildman–Crippen MR) is 159 cm³/mol. The fraction of sp³-hybridized carbons (Fsp3) is 0.423. The van der Waals surface area contributed by atoms with Gasteiger partial charge in [-0.2, -0.15) is 34.0 Å². The molecule has 4 rings (SSSR count). The van der Waals surface area contributed by atoms with Crippen molar-refractivity contribution in [1.82, 2.24) is 15.3 Å². The molecule has 1 aromatic carbocycles. The molecule has 0 spiro atoms. The number of amidine groups is 1. The number of carbonyl (C=O) groups is 2. The number of hydrogen-bond donors (Lipinski definition) is 6. The summed E-state index contributed by atoms with van der Waals surface area (Å²) in [5, 5.41) is 27.4. The molecule has 0 saturated carbocycles. The molecule has 2 aromatic rings. The Kier molecular flexibility index (Phi) is 11.4. The number of methoxy groups -OCH3 is 2. The maximum absolute atomic E-state index is 11.8. The van der Waals surface area contributed by atoms with Crippen molar-refractivity contribution in [3.8, 4) is 11.5 Å². The Morgan fingerprint density at radius 3 is 2.30 bits per heavy atom. The fourth-order valence-electron chi connectivity index (χ4n) is 4.17. The molecule has 1 aromatic heterocycles. The summed E-state index contributed by atoms with van der Waals surface area (Å²) in [6, 6.07) is 7.70. The number of hydrogen-bond acceptors (Lipinski definition) is 11. The Balaban J connectivity index is 0.000000646. The van der Waals surface area contributed by atoms with Crippen LogP contribution in [0.15, 0.2) is 39.9 Å². The van der Waals surface area contributed by atoms with Crippen LogP contribution in [0.1, 0.15) is 19.4 Å². The number of benzene rings is 1. The lowest BCUT2D eigenvalue weighted by atomic mass is 10.2. The topological polar surface area (TPSA) is 171 Å². The van der Waals surface area contributed by atoms with E-state index in [2.05, 4.69) is 30.8 Å². The molecule has 2 aliphatic rings. The average molecular weight is 630 g/mol. The monoisotopic (exact) mass is 629 g/mol. The van der Waals surface area contributed by atoms with Gasteiger partial charge in [-0.05, 0) is 30.4 Å². The highest BCUT2D eigenvalue weighted by atomic mass is 32.2. The Morgan fingerprint density at radius 1 is 1.09 bits per heavy atom. The van der Waals surface area contributed by atoms with E-state index in [-0.39, 0.29) is 0 Å². The first-order valence-corrected chi connectivity index (χ1v) is 14.6. The number of carboxylic acid groups (broad SMARTS) is 2. The number of nitrogens with one attached hydrogen (secondary N) is 3. The van der Waals surface area contributed by atoms with Gasteiger partial charge in [-0.25, -0.2) is 14.6 Å². The van der Waals surface area contributed by atoms with Crippen molar-refractivity contribution in [2.24, 2.45) is 4.99 Å². The number of nitrogens with zero attached hydrogens (tertiary/aromatic N) is 4. The molecule has 13 nitrogen and oxygen atoms in total.